The number of allylic oxidation sites excluding steroid dienone is 2. The van der Waals surface area contributed by atoms with E-state index in [-0.39, 0.29) is 12.1 Å². The minimum absolute atomic E-state index is 0.236. The standard InChI is InChI=1S/C21H36F2N2O2/c1-3-5-7-9-11-13-16(22)20(26)24-18-15-19(18)25-21(27)17(23)14-12-10-8-6-4-2/h13-14,18-20,24,26H,3-12,15H2,1-2H3,(H,25,27)/b16-13+,17-14-/t18-,19+,20?/m0/s1. The van der Waals surface area contributed by atoms with E-state index >= 15 is 0 Å². The predicted molar refractivity (Wildman–Crippen MR) is 105 cm³/mol. The molecule has 3 atom stereocenters. The minimum atomic E-state index is -1.37. The lowest BCUT2D eigenvalue weighted by Gasteiger charge is -2.11. The third kappa shape index (κ3) is 10.6. The van der Waals surface area contributed by atoms with Crippen LogP contribution < -0.4 is 10.6 Å². The topological polar surface area (TPSA) is 61.4 Å². The molecular weight excluding hydrogens is 350 g/mol. The van der Waals surface area contributed by atoms with E-state index in [0.717, 1.165) is 51.4 Å². The first kappa shape index (κ1) is 23.8. The molecule has 1 amide bonds. The lowest BCUT2D eigenvalue weighted by molar-refractivity contribution is -0.119. The van der Waals surface area contributed by atoms with Crippen molar-refractivity contribution in [3.8, 4) is 0 Å². The van der Waals surface area contributed by atoms with Crippen LogP contribution in [0.5, 0.6) is 0 Å². The molecule has 0 spiro atoms. The van der Waals surface area contributed by atoms with Gasteiger partial charge in [0.1, 0.15) is 5.83 Å². The first-order chi connectivity index (χ1) is 13.0. The van der Waals surface area contributed by atoms with Gasteiger partial charge in [0, 0.05) is 12.1 Å². The molecule has 1 unspecified atom stereocenters. The van der Waals surface area contributed by atoms with E-state index < -0.39 is 23.8 Å². The molecule has 0 aromatic heterocycles. The Kier molecular flexibility index (Phi) is 12.2. The fraction of sp³-hybridized carbons (Fsp3) is 0.762. The van der Waals surface area contributed by atoms with Crippen molar-refractivity contribution < 1.29 is 18.7 Å². The van der Waals surface area contributed by atoms with Crippen LogP contribution in [0.2, 0.25) is 0 Å². The normalized spacial score (nSPS) is 21.2. The third-order valence-corrected chi connectivity index (χ3v) is 4.74. The average molecular weight is 387 g/mol. The predicted octanol–water partition coefficient (Wildman–Crippen LogP) is 4.80. The van der Waals surface area contributed by atoms with Gasteiger partial charge in [0.2, 0.25) is 0 Å². The maximum absolute atomic E-state index is 13.8. The summed E-state index contributed by atoms with van der Waals surface area (Å²) in [6.07, 6.45) is 11.4. The highest BCUT2D eigenvalue weighted by Crippen LogP contribution is 2.23. The van der Waals surface area contributed by atoms with Gasteiger partial charge in [-0.15, -0.1) is 0 Å². The highest BCUT2D eigenvalue weighted by molar-refractivity contribution is 5.91. The van der Waals surface area contributed by atoms with E-state index in [1.807, 2.05) is 0 Å². The number of unbranched alkanes of at least 4 members (excludes halogenated alkanes) is 8. The first-order valence-corrected chi connectivity index (χ1v) is 10.5. The van der Waals surface area contributed by atoms with Crippen LogP contribution in [-0.2, 0) is 4.79 Å². The van der Waals surface area contributed by atoms with Crippen molar-refractivity contribution >= 4 is 5.91 Å². The van der Waals surface area contributed by atoms with Crippen LogP contribution in [0.1, 0.15) is 84.5 Å². The Balaban J connectivity index is 2.23. The number of hydrogen-bond donors (Lipinski definition) is 3. The van der Waals surface area contributed by atoms with Gasteiger partial charge in [0.05, 0.1) is 0 Å². The summed E-state index contributed by atoms with van der Waals surface area (Å²) in [5.74, 6) is -2.10. The van der Waals surface area contributed by atoms with Crippen molar-refractivity contribution in [3.05, 3.63) is 23.8 Å². The van der Waals surface area contributed by atoms with E-state index in [1.165, 1.54) is 12.2 Å². The zero-order valence-corrected chi connectivity index (χ0v) is 16.8. The molecule has 156 valence electrons. The summed E-state index contributed by atoms with van der Waals surface area (Å²) < 4.78 is 27.6. The molecule has 0 bridgehead atoms. The molecule has 3 N–H and O–H groups in total. The summed E-state index contributed by atoms with van der Waals surface area (Å²) in [5, 5.41) is 15.1. The quantitative estimate of drug-likeness (QED) is 0.215. The molecule has 1 fully saturated rings. The van der Waals surface area contributed by atoms with Gasteiger partial charge in [-0.3, -0.25) is 10.1 Å². The van der Waals surface area contributed by atoms with Crippen LogP contribution in [0.15, 0.2) is 23.8 Å². The monoisotopic (exact) mass is 386 g/mol. The van der Waals surface area contributed by atoms with Gasteiger partial charge >= 0.3 is 0 Å². The van der Waals surface area contributed by atoms with Gasteiger partial charge in [-0.25, -0.2) is 8.78 Å². The van der Waals surface area contributed by atoms with E-state index in [4.69, 9.17) is 0 Å². The van der Waals surface area contributed by atoms with Crippen molar-refractivity contribution in [2.24, 2.45) is 0 Å². The Bertz CT molecular complexity index is 495. The van der Waals surface area contributed by atoms with E-state index in [0.29, 0.717) is 19.3 Å². The van der Waals surface area contributed by atoms with E-state index in [9.17, 15) is 18.7 Å². The number of hydrogen-bond acceptors (Lipinski definition) is 3. The number of aliphatic hydroxyl groups is 1. The second-order valence-electron chi connectivity index (χ2n) is 7.33. The van der Waals surface area contributed by atoms with Gasteiger partial charge in [-0.1, -0.05) is 52.4 Å². The van der Waals surface area contributed by atoms with Crippen molar-refractivity contribution in [3.63, 3.8) is 0 Å². The molecule has 0 aromatic rings. The van der Waals surface area contributed by atoms with Crippen LogP contribution in [0, 0.1) is 0 Å². The average Bonchev–Trinajstić information content (AvgIpc) is 3.37. The second-order valence-corrected chi connectivity index (χ2v) is 7.33. The van der Waals surface area contributed by atoms with Gasteiger partial charge in [0.25, 0.3) is 5.91 Å². The Morgan fingerprint density at radius 3 is 2.19 bits per heavy atom. The van der Waals surface area contributed by atoms with E-state index in [2.05, 4.69) is 24.5 Å². The molecule has 1 saturated carbocycles. The van der Waals surface area contributed by atoms with Crippen LogP contribution in [0.4, 0.5) is 8.78 Å². The summed E-state index contributed by atoms with van der Waals surface area (Å²) in [5.41, 5.74) is 0. The molecule has 4 nitrogen and oxygen atoms in total. The highest BCUT2D eigenvalue weighted by atomic mass is 19.1. The molecule has 0 saturated heterocycles. The highest BCUT2D eigenvalue weighted by Gasteiger charge is 2.40. The fourth-order valence-electron chi connectivity index (χ4n) is 2.87. The molecule has 6 heteroatoms. The number of amides is 1. The molecule has 0 aromatic carbocycles. The number of rotatable bonds is 15. The summed E-state index contributed by atoms with van der Waals surface area (Å²) in [4.78, 5) is 11.8. The Morgan fingerprint density at radius 1 is 1.00 bits per heavy atom. The molecule has 27 heavy (non-hydrogen) atoms. The maximum Gasteiger partial charge on any atom is 0.279 e. The minimum Gasteiger partial charge on any atom is -0.372 e. The number of carbonyl (C=O) groups is 1. The van der Waals surface area contributed by atoms with Crippen molar-refractivity contribution in [2.45, 2.75) is 103 Å². The summed E-state index contributed by atoms with van der Waals surface area (Å²) in [6, 6.07) is -0.510. The Hall–Kier alpha value is -1.27. The number of aliphatic hydroxyl groups excluding tert-OH is 1. The van der Waals surface area contributed by atoms with Gasteiger partial charge in [0.15, 0.2) is 12.1 Å². The molecule has 1 aliphatic carbocycles. The van der Waals surface area contributed by atoms with E-state index in [1.54, 1.807) is 0 Å². The third-order valence-electron chi connectivity index (χ3n) is 4.74. The van der Waals surface area contributed by atoms with Crippen LogP contribution in [0.25, 0.3) is 0 Å². The summed E-state index contributed by atoms with van der Waals surface area (Å²) in [7, 11) is 0. The number of nitrogens with one attached hydrogen (secondary N) is 2. The largest absolute Gasteiger partial charge is 0.372 e. The molecule has 0 aliphatic heterocycles. The van der Waals surface area contributed by atoms with Crippen LogP contribution in [0.3, 0.4) is 0 Å². The van der Waals surface area contributed by atoms with Gasteiger partial charge < -0.3 is 10.4 Å². The molecule has 1 aliphatic rings. The first-order valence-electron chi connectivity index (χ1n) is 10.5. The summed E-state index contributed by atoms with van der Waals surface area (Å²) in [6.45, 7) is 4.22. The fourth-order valence-corrected chi connectivity index (χ4v) is 2.87. The molecule has 0 heterocycles. The Morgan fingerprint density at radius 2 is 1.59 bits per heavy atom. The van der Waals surface area contributed by atoms with Gasteiger partial charge in [-0.2, -0.15) is 0 Å². The number of carbonyl (C=O) groups excluding carboxylic acids is 1. The smallest absolute Gasteiger partial charge is 0.279 e. The van der Waals surface area contributed by atoms with Crippen molar-refractivity contribution in [1.82, 2.24) is 10.6 Å². The van der Waals surface area contributed by atoms with Crippen LogP contribution >= 0.6 is 0 Å². The molecular formula is C21H36F2N2O2. The molecule has 0 radical (unpaired) electrons. The zero-order chi connectivity index (χ0) is 20.1. The van der Waals surface area contributed by atoms with Gasteiger partial charge in [-0.05, 0) is 44.3 Å². The maximum atomic E-state index is 13.8. The SMILES string of the molecule is CCCCCC/C=C(\F)C(=O)N[C@@H]1C[C@@H]1NC(O)/C(F)=C\CCCCCC. The lowest BCUT2D eigenvalue weighted by atomic mass is 10.1. The Labute approximate surface area is 162 Å². The van der Waals surface area contributed by atoms with Crippen molar-refractivity contribution in [1.29, 1.82) is 0 Å². The summed E-state index contributed by atoms with van der Waals surface area (Å²) >= 11 is 0. The zero-order valence-electron chi connectivity index (χ0n) is 16.8. The lowest BCUT2D eigenvalue weighted by Crippen LogP contribution is -2.37. The number of halogens is 2. The molecule has 1 rings (SSSR count). The van der Waals surface area contributed by atoms with Crippen LogP contribution in [-0.4, -0.2) is 29.3 Å². The second kappa shape index (κ2) is 13.8. The van der Waals surface area contributed by atoms with Crippen molar-refractivity contribution in [2.75, 3.05) is 0 Å².